The Morgan fingerprint density at radius 2 is 1.61 bits per heavy atom. The number of carbonyl (C=O) groups is 1. The quantitative estimate of drug-likeness (QED) is 0.413. The van der Waals surface area contributed by atoms with Crippen LogP contribution < -0.4 is 0 Å². The third-order valence-electron chi connectivity index (χ3n) is 3.21. The Balaban J connectivity index is 2.09. The van der Waals surface area contributed by atoms with Gasteiger partial charge in [-0.3, -0.25) is 4.79 Å². The molecule has 0 aliphatic carbocycles. The first-order chi connectivity index (χ1) is 11.0. The van der Waals surface area contributed by atoms with Crippen molar-refractivity contribution >= 4 is 40.4 Å². The number of benzene rings is 2. The summed E-state index contributed by atoms with van der Waals surface area (Å²) in [5, 5.41) is 9.43. The summed E-state index contributed by atoms with van der Waals surface area (Å²) in [6.07, 6.45) is 0.589. The second-order valence-corrected chi connectivity index (χ2v) is 5.97. The maximum absolute atomic E-state index is 12.2. The summed E-state index contributed by atoms with van der Waals surface area (Å²) in [4.78, 5) is 12.2. The normalized spacial score (nSPS) is 12.3. The molecule has 0 radical (unpaired) electrons. The first kappa shape index (κ1) is 17.4. The average molecular weight is 347 g/mol. The molecule has 23 heavy (non-hydrogen) atoms. The van der Waals surface area contributed by atoms with E-state index in [1.165, 1.54) is 0 Å². The molecule has 2 aromatic rings. The van der Waals surface area contributed by atoms with Crippen molar-refractivity contribution in [2.24, 2.45) is 10.2 Å². The van der Waals surface area contributed by atoms with Crippen LogP contribution in [0.5, 0.6) is 0 Å². The zero-order valence-corrected chi connectivity index (χ0v) is 14.4. The van der Waals surface area contributed by atoms with Crippen molar-refractivity contribution in [3.63, 3.8) is 0 Å². The summed E-state index contributed by atoms with van der Waals surface area (Å²) in [7, 11) is 0. The van der Waals surface area contributed by atoms with Crippen LogP contribution in [0.4, 0.5) is 0 Å². The molecule has 0 aromatic heterocycles. The highest BCUT2D eigenvalue weighted by atomic mass is 35.5. The number of hydrogen-bond acceptors (Lipinski definition) is 3. The summed E-state index contributed by atoms with van der Waals surface area (Å²) < 4.78 is 0. The summed E-state index contributed by atoms with van der Waals surface area (Å²) in [5.41, 5.74) is 2.62. The molecule has 5 heteroatoms. The zero-order chi connectivity index (χ0) is 16.8. The van der Waals surface area contributed by atoms with Gasteiger partial charge in [-0.25, -0.2) is 0 Å². The van der Waals surface area contributed by atoms with Crippen LogP contribution in [0.2, 0.25) is 10.0 Å². The molecule has 0 bridgehead atoms. The minimum absolute atomic E-state index is 0.170. The minimum Gasteiger partial charge on any atom is -0.287 e. The summed E-state index contributed by atoms with van der Waals surface area (Å²) in [6, 6.07) is 14.3. The Morgan fingerprint density at radius 1 is 0.957 bits per heavy atom. The van der Waals surface area contributed by atoms with Gasteiger partial charge in [0.05, 0.1) is 0 Å². The van der Waals surface area contributed by atoms with E-state index in [1.807, 2.05) is 31.2 Å². The van der Waals surface area contributed by atoms with E-state index < -0.39 is 0 Å². The number of rotatable bonds is 5. The molecular formula is C18H16Cl2N2O. The Morgan fingerprint density at radius 3 is 2.26 bits per heavy atom. The highest BCUT2D eigenvalue weighted by molar-refractivity contribution is 6.45. The smallest absolute Gasteiger partial charge is 0.208 e. The van der Waals surface area contributed by atoms with Crippen molar-refractivity contribution in [1.82, 2.24) is 0 Å². The molecule has 0 amide bonds. The first-order valence-corrected chi connectivity index (χ1v) is 7.84. The van der Waals surface area contributed by atoms with Crippen LogP contribution in [0.15, 0.2) is 58.7 Å². The number of ketones is 1. The molecular weight excluding hydrogens is 331 g/mol. The SMILES string of the molecule is C/C(Cc1ccccc1Cl)=N/N=C(/C)C(=O)c1ccc(Cl)cc1. The summed E-state index contributed by atoms with van der Waals surface area (Å²) >= 11 is 11.9. The van der Waals surface area contributed by atoms with Crippen molar-refractivity contribution < 1.29 is 4.79 Å². The number of halogens is 2. The molecule has 0 saturated heterocycles. The molecule has 0 fully saturated rings. The summed E-state index contributed by atoms with van der Waals surface area (Å²) in [5.74, 6) is -0.170. The first-order valence-electron chi connectivity index (χ1n) is 7.09. The molecule has 0 atom stereocenters. The van der Waals surface area contributed by atoms with Crippen molar-refractivity contribution in [2.75, 3.05) is 0 Å². The minimum atomic E-state index is -0.170. The lowest BCUT2D eigenvalue weighted by atomic mass is 10.1. The molecule has 0 heterocycles. The molecule has 0 aliphatic rings. The van der Waals surface area contributed by atoms with Crippen LogP contribution in [0, 0.1) is 0 Å². The Labute approximate surface area is 145 Å². The Hall–Kier alpha value is -1.97. The van der Waals surface area contributed by atoms with E-state index in [4.69, 9.17) is 23.2 Å². The largest absolute Gasteiger partial charge is 0.287 e. The fraction of sp³-hybridized carbons (Fsp3) is 0.167. The topological polar surface area (TPSA) is 41.8 Å². The number of carbonyl (C=O) groups excluding carboxylic acids is 1. The van der Waals surface area contributed by atoms with Gasteiger partial charge in [0.2, 0.25) is 5.78 Å². The van der Waals surface area contributed by atoms with E-state index in [1.54, 1.807) is 31.2 Å². The second-order valence-electron chi connectivity index (χ2n) is 5.12. The number of nitrogens with zero attached hydrogens (tertiary/aromatic N) is 2. The molecule has 2 aromatic carbocycles. The van der Waals surface area contributed by atoms with E-state index in [2.05, 4.69) is 10.2 Å². The van der Waals surface area contributed by atoms with Gasteiger partial charge in [-0.05, 0) is 49.7 Å². The molecule has 0 spiro atoms. The number of Topliss-reactive ketones (excluding diaryl/α,β-unsaturated/α-hetero) is 1. The molecule has 0 unspecified atom stereocenters. The van der Waals surface area contributed by atoms with Crippen LogP contribution in [0.3, 0.4) is 0 Å². The highest BCUT2D eigenvalue weighted by Crippen LogP contribution is 2.16. The molecule has 118 valence electrons. The Kier molecular flexibility index (Phi) is 6.08. The standard InChI is InChI=1S/C18H16Cl2N2O/c1-12(11-15-5-3-4-6-17(15)20)21-22-13(2)18(23)14-7-9-16(19)10-8-14/h3-10H,11H2,1-2H3/b21-12-,22-13-. The Bertz CT molecular complexity index is 765. The van der Waals surface area contributed by atoms with Gasteiger partial charge in [0.1, 0.15) is 5.71 Å². The van der Waals surface area contributed by atoms with Gasteiger partial charge >= 0.3 is 0 Å². The van der Waals surface area contributed by atoms with Crippen molar-refractivity contribution in [1.29, 1.82) is 0 Å². The lowest BCUT2D eigenvalue weighted by Gasteiger charge is -2.03. The predicted octanol–water partition coefficient (Wildman–Crippen LogP) is 5.26. The van der Waals surface area contributed by atoms with Crippen LogP contribution in [0.1, 0.15) is 29.8 Å². The second kappa shape index (κ2) is 8.04. The van der Waals surface area contributed by atoms with E-state index in [0.717, 1.165) is 11.3 Å². The van der Waals surface area contributed by atoms with Gasteiger partial charge < -0.3 is 0 Å². The third-order valence-corrected chi connectivity index (χ3v) is 3.83. The summed E-state index contributed by atoms with van der Waals surface area (Å²) in [6.45, 7) is 3.50. The van der Waals surface area contributed by atoms with Crippen molar-refractivity contribution in [3.8, 4) is 0 Å². The maximum Gasteiger partial charge on any atom is 0.208 e. The monoisotopic (exact) mass is 346 g/mol. The van der Waals surface area contributed by atoms with Crippen LogP contribution in [0.25, 0.3) is 0 Å². The van der Waals surface area contributed by atoms with Crippen molar-refractivity contribution in [2.45, 2.75) is 20.3 Å². The van der Waals surface area contributed by atoms with Gasteiger partial charge in [-0.2, -0.15) is 10.2 Å². The van der Waals surface area contributed by atoms with Gasteiger partial charge in [0.15, 0.2) is 0 Å². The van der Waals surface area contributed by atoms with E-state index in [-0.39, 0.29) is 5.78 Å². The molecule has 2 rings (SSSR count). The number of hydrogen-bond donors (Lipinski definition) is 0. The highest BCUT2D eigenvalue weighted by Gasteiger charge is 2.09. The maximum atomic E-state index is 12.2. The van der Waals surface area contributed by atoms with Gasteiger partial charge in [-0.15, -0.1) is 0 Å². The van der Waals surface area contributed by atoms with E-state index in [0.29, 0.717) is 27.7 Å². The third kappa shape index (κ3) is 5.02. The van der Waals surface area contributed by atoms with Crippen molar-refractivity contribution in [3.05, 3.63) is 69.7 Å². The average Bonchev–Trinajstić information content (AvgIpc) is 2.55. The molecule has 0 aliphatic heterocycles. The fourth-order valence-corrected chi connectivity index (χ4v) is 2.30. The van der Waals surface area contributed by atoms with Crippen LogP contribution >= 0.6 is 23.2 Å². The van der Waals surface area contributed by atoms with Gasteiger partial charge in [0.25, 0.3) is 0 Å². The van der Waals surface area contributed by atoms with E-state index in [9.17, 15) is 4.79 Å². The van der Waals surface area contributed by atoms with Gasteiger partial charge in [0, 0.05) is 27.7 Å². The van der Waals surface area contributed by atoms with Crippen LogP contribution in [-0.4, -0.2) is 17.2 Å². The molecule has 3 nitrogen and oxygen atoms in total. The van der Waals surface area contributed by atoms with Crippen LogP contribution in [-0.2, 0) is 6.42 Å². The predicted molar refractivity (Wildman–Crippen MR) is 97.2 cm³/mol. The lowest BCUT2D eigenvalue weighted by Crippen LogP contribution is -2.10. The molecule has 0 saturated carbocycles. The molecule has 0 N–H and O–H groups in total. The lowest BCUT2D eigenvalue weighted by molar-refractivity contribution is 0.106. The fourth-order valence-electron chi connectivity index (χ4n) is 1.97. The van der Waals surface area contributed by atoms with E-state index >= 15 is 0 Å². The zero-order valence-electron chi connectivity index (χ0n) is 12.9. The van der Waals surface area contributed by atoms with Gasteiger partial charge in [-0.1, -0.05) is 41.4 Å².